The normalized spacial score (nSPS) is 16.9. The molecule has 0 radical (unpaired) electrons. The summed E-state index contributed by atoms with van der Waals surface area (Å²) in [4.78, 5) is 50.4. The van der Waals surface area contributed by atoms with E-state index in [-0.39, 0.29) is 29.1 Å². The molecule has 2 unspecified atom stereocenters. The lowest BCUT2D eigenvalue weighted by Gasteiger charge is -2.36. The van der Waals surface area contributed by atoms with Gasteiger partial charge >= 0.3 is 5.97 Å². The molecule has 1 saturated heterocycles. The second-order valence-corrected chi connectivity index (χ2v) is 8.15. The molecule has 0 aliphatic carbocycles. The molecule has 2 N–H and O–H groups in total. The maximum Gasteiger partial charge on any atom is 0.326 e. The van der Waals surface area contributed by atoms with Crippen molar-refractivity contribution in [3.05, 3.63) is 33.8 Å². The van der Waals surface area contributed by atoms with E-state index in [4.69, 9.17) is 27.9 Å². The number of carbonyl (C=O) groups excluding carboxylic acids is 4. The van der Waals surface area contributed by atoms with Gasteiger partial charge < -0.3 is 20.3 Å². The fourth-order valence-electron chi connectivity index (χ4n) is 3.40. The van der Waals surface area contributed by atoms with Gasteiger partial charge in [-0.15, -0.1) is 0 Å². The minimum atomic E-state index is -0.927. The molecular weight excluding hydrogens is 445 g/mol. The number of carbonyl (C=O) groups is 4. The molecule has 10 heteroatoms. The van der Waals surface area contributed by atoms with Crippen LogP contribution in [0.2, 0.25) is 10.0 Å². The molecule has 0 bridgehead atoms. The topological polar surface area (TPSA) is 105 Å². The van der Waals surface area contributed by atoms with Crippen molar-refractivity contribution in [3.8, 4) is 0 Å². The number of ether oxygens (including phenoxy) is 1. The van der Waals surface area contributed by atoms with E-state index in [1.165, 1.54) is 25.1 Å². The van der Waals surface area contributed by atoms with Crippen LogP contribution in [0, 0.1) is 0 Å². The summed E-state index contributed by atoms with van der Waals surface area (Å²) in [6, 6.07) is 4.54. The van der Waals surface area contributed by atoms with E-state index in [1.807, 2.05) is 6.92 Å². The Morgan fingerprint density at radius 1 is 1.16 bits per heavy atom. The summed E-state index contributed by atoms with van der Waals surface area (Å²) in [5.41, 5.74) is 0.175. The Morgan fingerprint density at radius 2 is 1.90 bits per heavy atom. The van der Waals surface area contributed by atoms with E-state index in [0.29, 0.717) is 11.6 Å². The SMILES string of the molecule is CCC1CCCCN1C(=O)C(C)OC(=O)CNC(=O)CNC(=O)c1ccc(Cl)cc1Cl. The second kappa shape index (κ2) is 11.9. The zero-order valence-corrected chi connectivity index (χ0v) is 19.1. The van der Waals surface area contributed by atoms with Crippen LogP contribution in [0.4, 0.5) is 0 Å². The average molecular weight is 472 g/mol. The lowest BCUT2D eigenvalue weighted by Crippen LogP contribution is -2.48. The molecule has 1 fully saturated rings. The quantitative estimate of drug-likeness (QED) is 0.566. The highest BCUT2D eigenvalue weighted by molar-refractivity contribution is 6.36. The van der Waals surface area contributed by atoms with Gasteiger partial charge in [-0.25, -0.2) is 0 Å². The van der Waals surface area contributed by atoms with Gasteiger partial charge in [0.2, 0.25) is 5.91 Å². The van der Waals surface area contributed by atoms with Gasteiger partial charge in [-0.05, 0) is 50.8 Å². The molecule has 1 aliphatic heterocycles. The minimum Gasteiger partial charge on any atom is -0.451 e. The minimum absolute atomic E-state index is 0.159. The molecule has 1 aromatic carbocycles. The van der Waals surface area contributed by atoms with Crippen molar-refractivity contribution < 1.29 is 23.9 Å². The Kier molecular flexibility index (Phi) is 9.58. The van der Waals surface area contributed by atoms with Gasteiger partial charge in [-0.2, -0.15) is 0 Å². The number of esters is 1. The van der Waals surface area contributed by atoms with Crippen molar-refractivity contribution >= 4 is 46.9 Å². The van der Waals surface area contributed by atoms with Gasteiger partial charge in [0, 0.05) is 17.6 Å². The molecule has 170 valence electrons. The van der Waals surface area contributed by atoms with Crippen LogP contribution in [0.15, 0.2) is 18.2 Å². The Bertz CT molecular complexity index is 833. The Labute approximate surface area is 191 Å². The fourth-order valence-corrected chi connectivity index (χ4v) is 3.89. The van der Waals surface area contributed by atoms with E-state index in [1.54, 1.807) is 4.90 Å². The first-order chi connectivity index (χ1) is 14.7. The van der Waals surface area contributed by atoms with Crippen molar-refractivity contribution in [1.29, 1.82) is 0 Å². The zero-order valence-electron chi connectivity index (χ0n) is 17.6. The van der Waals surface area contributed by atoms with E-state index < -0.39 is 30.4 Å². The van der Waals surface area contributed by atoms with Crippen LogP contribution in [0.5, 0.6) is 0 Å². The lowest BCUT2D eigenvalue weighted by molar-refractivity contribution is -0.160. The van der Waals surface area contributed by atoms with Gasteiger partial charge in [-0.3, -0.25) is 19.2 Å². The number of hydrogen-bond donors (Lipinski definition) is 2. The van der Waals surface area contributed by atoms with Crippen molar-refractivity contribution in [2.75, 3.05) is 19.6 Å². The molecule has 2 atom stereocenters. The van der Waals surface area contributed by atoms with E-state index in [9.17, 15) is 19.2 Å². The highest BCUT2D eigenvalue weighted by Gasteiger charge is 2.30. The van der Waals surface area contributed by atoms with E-state index >= 15 is 0 Å². The number of nitrogens with one attached hydrogen (secondary N) is 2. The molecule has 0 spiro atoms. The number of amides is 3. The highest BCUT2D eigenvalue weighted by Crippen LogP contribution is 2.21. The third-order valence-electron chi connectivity index (χ3n) is 5.05. The molecule has 0 aromatic heterocycles. The number of nitrogens with zero attached hydrogens (tertiary/aromatic N) is 1. The molecule has 8 nitrogen and oxygen atoms in total. The number of likely N-dealkylation sites (tertiary alicyclic amines) is 1. The Morgan fingerprint density at radius 3 is 2.58 bits per heavy atom. The van der Waals surface area contributed by atoms with E-state index in [2.05, 4.69) is 10.6 Å². The number of hydrogen-bond acceptors (Lipinski definition) is 5. The number of piperidine rings is 1. The third kappa shape index (κ3) is 7.40. The van der Waals surface area contributed by atoms with Crippen molar-refractivity contribution in [3.63, 3.8) is 0 Å². The number of halogens is 2. The molecule has 1 aliphatic rings. The molecule has 0 saturated carbocycles. The highest BCUT2D eigenvalue weighted by atomic mass is 35.5. The smallest absolute Gasteiger partial charge is 0.326 e. The maximum absolute atomic E-state index is 12.6. The van der Waals surface area contributed by atoms with Crippen LogP contribution in [-0.4, -0.2) is 60.4 Å². The summed E-state index contributed by atoms with van der Waals surface area (Å²) >= 11 is 11.7. The predicted octanol–water partition coefficient (Wildman–Crippen LogP) is 2.56. The van der Waals surface area contributed by atoms with Crippen molar-refractivity contribution in [1.82, 2.24) is 15.5 Å². The first kappa shape index (κ1) is 24.9. The summed E-state index contributed by atoms with van der Waals surface area (Å²) in [6.07, 6.45) is 2.90. The van der Waals surface area contributed by atoms with Crippen LogP contribution in [-0.2, 0) is 19.1 Å². The molecule has 31 heavy (non-hydrogen) atoms. The van der Waals surface area contributed by atoms with Crippen LogP contribution >= 0.6 is 23.2 Å². The fraction of sp³-hybridized carbons (Fsp3) is 0.524. The Hall–Kier alpha value is -2.32. The molecular formula is C21H27Cl2N3O5. The van der Waals surface area contributed by atoms with Gasteiger partial charge in [-0.1, -0.05) is 30.1 Å². The monoisotopic (exact) mass is 471 g/mol. The molecule has 3 amide bonds. The summed E-state index contributed by atoms with van der Waals surface area (Å²) < 4.78 is 5.17. The average Bonchev–Trinajstić information content (AvgIpc) is 2.75. The summed E-state index contributed by atoms with van der Waals surface area (Å²) in [5.74, 6) is -2.09. The van der Waals surface area contributed by atoms with Crippen LogP contribution in [0.25, 0.3) is 0 Å². The van der Waals surface area contributed by atoms with Gasteiger partial charge in [0.25, 0.3) is 11.8 Å². The molecule has 1 aromatic rings. The first-order valence-corrected chi connectivity index (χ1v) is 11.0. The largest absolute Gasteiger partial charge is 0.451 e. The Balaban J connectivity index is 1.74. The van der Waals surface area contributed by atoms with Gasteiger partial charge in [0.05, 0.1) is 17.1 Å². The van der Waals surface area contributed by atoms with Crippen molar-refractivity contribution in [2.24, 2.45) is 0 Å². The first-order valence-electron chi connectivity index (χ1n) is 10.2. The van der Waals surface area contributed by atoms with Gasteiger partial charge in [0.15, 0.2) is 6.10 Å². The third-order valence-corrected chi connectivity index (χ3v) is 5.60. The number of rotatable bonds is 8. The number of benzene rings is 1. The zero-order chi connectivity index (χ0) is 23.0. The van der Waals surface area contributed by atoms with E-state index in [0.717, 1.165) is 25.7 Å². The van der Waals surface area contributed by atoms with Crippen molar-refractivity contribution in [2.45, 2.75) is 51.7 Å². The predicted molar refractivity (Wildman–Crippen MR) is 117 cm³/mol. The molecule has 2 rings (SSSR count). The summed E-state index contributed by atoms with van der Waals surface area (Å²) in [5, 5.41) is 5.30. The summed E-state index contributed by atoms with van der Waals surface area (Å²) in [6.45, 7) is 3.45. The lowest BCUT2D eigenvalue weighted by atomic mass is 9.99. The second-order valence-electron chi connectivity index (χ2n) is 7.31. The molecule has 1 heterocycles. The van der Waals surface area contributed by atoms with Crippen LogP contribution < -0.4 is 10.6 Å². The summed E-state index contributed by atoms with van der Waals surface area (Å²) in [7, 11) is 0. The maximum atomic E-state index is 12.6. The standard InChI is InChI=1S/C21H27Cl2N3O5/c1-3-15-6-4-5-9-26(15)21(30)13(2)31-19(28)12-24-18(27)11-25-20(29)16-8-7-14(22)10-17(16)23/h7-8,10,13,15H,3-6,9,11-12H2,1-2H3,(H,24,27)(H,25,29). The van der Waals surface area contributed by atoms with Gasteiger partial charge in [0.1, 0.15) is 6.54 Å². The van der Waals surface area contributed by atoms with Crippen LogP contribution in [0.3, 0.4) is 0 Å². The van der Waals surface area contributed by atoms with Crippen LogP contribution in [0.1, 0.15) is 49.9 Å².